The van der Waals surface area contributed by atoms with Gasteiger partial charge in [0.05, 0.1) is 6.42 Å². The van der Waals surface area contributed by atoms with Crippen LogP contribution in [0.2, 0.25) is 0 Å². The highest BCUT2D eigenvalue weighted by Gasteiger charge is 2.12. The first-order valence-corrected chi connectivity index (χ1v) is 8.23. The van der Waals surface area contributed by atoms with Gasteiger partial charge in [0.1, 0.15) is 0 Å². The number of nitrogens with zero attached hydrogens (tertiary/aromatic N) is 1. The minimum atomic E-state index is -0.911. The van der Waals surface area contributed by atoms with E-state index in [0.29, 0.717) is 0 Å². The van der Waals surface area contributed by atoms with Crippen molar-refractivity contribution < 1.29 is 14.7 Å². The van der Waals surface area contributed by atoms with Crippen molar-refractivity contribution in [2.45, 2.75) is 66.2 Å². The standard InChI is InChI=1S/C10H19NO3.C6H15N/c1-3-7-11(8-4-2)9(12)5-6-10(13)14;1-3-5-7-6-4-2/h3-8H2,1-2H3,(H,13,14);7H,3-6H2,1-2H3. The van der Waals surface area contributed by atoms with E-state index in [-0.39, 0.29) is 18.7 Å². The lowest BCUT2D eigenvalue weighted by molar-refractivity contribution is -0.140. The summed E-state index contributed by atoms with van der Waals surface area (Å²) in [5.74, 6) is -0.956. The Morgan fingerprint density at radius 2 is 1.33 bits per heavy atom. The highest BCUT2D eigenvalue weighted by molar-refractivity contribution is 5.80. The van der Waals surface area contributed by atoms with Crippen LogP contribution in [0.4, 0.5) is 0 Å². The fraction of sp³-hybridized carbons (Fsp3) is 0.875. The van der Waals surface area contributed by atoms with Crippen molar-refractivity contribution in [1.29, 1.82) is 0 Å². The zero-order chi connectivity index (χ0) is 16.5. The molecule has 0 bridgehead atoms. The van der Waals surface area contributed by atoms with E-state index in [4.69, 9.17) is 5.11 Å². The maximum Gasteiger partial charge on any atom is 0.303 e. The summed E-state index contributed by atoms with van der Waals surface area (Å²) in [5.41, 5.74) is 0. The Kier molecular flexibility index (Phi) is 17.9. The summed E-state index contributed by atoms with van der Waals surface area (Å²) >= 11 is 0. The quantitative estimate of drug-likeness (QED) is 0.576. The largest absolute Gasteiger partial charge is 0.481 e. The molecule has 0 heterocycles. The molecule has 1 amide bonds. The van der Waals surface area contributed by atoms with Crippen LogP contribution in [0, 0.1) is 0 Å². The van der Waals surface area contributed by atoms with Crippen molar-refractivity contribution >= 4 is 11.9 Å². The van der Waals surface area contributed by atoms with Crippen LogP contribution in [0.3, 0.4) is 0 Å². The van der Waals surface area contributed by atoms with Gasteiger partial charge in [0, 0.05) is 19.5 Å². The smallest absolute Gasteiger partial charge is 0.303 e. The Labute approximate surface area is 130 Å². The van der Waals surface area contributed by atoms with E-state index in [1.165, 1.54) is 25.9 Å². The number of carbonyl (C=O) groups excluding carboxylic acids is 1. The van der Waals surface area contributed by atoms with Crippen molar-refractivity contribution in [3.63, 3.8) is 0 Å². The molecule has 0 aromatic carbocycles. The molecule has 0 fully saturated rings. The van der Waals surface area contributed by atoms with E-state index in [2.05, 4.69) is 19.2 Å². The Balaban J connectivity index is 0. The van der Waals surface area contributed by atoms with Gasteiger partial charge in [0.15, 0.2) is 0 Å². The van der Waals surface area contributed by atoms with E-state index in [1.54, 1.807) is 4.90 Å². The Morgan fingerprint density at radius 1 is 0.857 bits per heavy atom. The number of carbonyl (C=O) groups is 2. The second kappa shape index (κ2) is 17.0. The molecule has 0 aromatic rings. The summed E-state index contributed by atoms with van der Waals surface area (Å²) in [6.07, 6.45) is 4.38. The molecule has 21 heavy (non-hydrogen) atoms. The molecule has 0 atom stereocenters. The van der Waals surface area contributed by atoms with Gasteiger partial charge in [-0.2, -0.15) is 0 Å². The predicted octanol–water partition coefficient (Wildman–Crippen LogP) is 2.90. The molecule has 0 aromatic heterocycles. The SMILES string of the molecule is CCCN(CCC)C(=O)CCC(=O)O.CCCNCCC. The zero-order valence-electron chi connectivity index (χ0n) is 14.3. The fourth-order valence-electron chi connectivity index (χ4n) is 1.75. The lowest BCUT2D eigenvalue weighted by Gasteiger charge is -2.20. The molecule has 0 aliphatic carbocycles. The summed E-state index contributed by atoms with van der Waals surface area (Å²) in [4.78, 5) is 23.5. The summed E-state index contributed by atoms with van der Waals surface area (Å²) in [6, 6.07) is 0. The first kappa shape index (κ1) is 22.2. The van der Waals surface area contributed by atoms with Gasteiger partial charge < -0.3 is 15.3 Å². The normalized spacial score (nSPS) is 9.71. The number of hydrogen-bond acceptors (Lipinski definition) is 3. The van der Waals surface area contributed by atoms with Crippen LogP contribution in [-0.2, 0) is 9.59 Å². The number of nitrogens with one attached hydrogen (secondary N) is 1. The number of carboxylic acid groups (broad SMARTS) is 1. The maximum absolute atomic E-state index is 11.5. The van der Waals surface area contributed by atoms with Crippen LogP contribution in [0.5, 0.6) is 0 Å². The second-order valence-electron chi connectivity index (χ2n) is 5.02. The number of hydrogen-bond donors (Lipinski definition) is 2. The molecular formula is C16H34N2O3. The lowest BCUT2D eigenvalue weighted by atomic mass is 10.2. The van der Waals surface area contributed by atoms with Gasteiger partial charge in [-0.3, -0.25) is 9.59 Å². The molecule has 0 rings (SSSR count). The molecule has 126 valence electrons. The summed E-state index contributed by atoms with van der Waals surface area (Å²) in [5, 5.41) is 11.7. The van der Waals surface area contributed by atoms with Crippen LogP contribution in [0.1, 0.15) is 66.2 Å². The second-order valence-corrected chi connectivity index (χ2v) is 5.02. The Bertz CT molecular complexity index is 248. The lowest BCUT2D eigenvalue weighted by Crippen LogP contribution is -2.32. The molecular weight excluding hydrogens is 268 g/mol. The van der Waals surface area contributed by atoms with Gasteiger partial charge in [-0.1, -0.05) is 27.7 Å². The zero-order valence-corrected chi connectivity index (χ0v) is 14.3. The third-order valence-corrected chi connectivity index (χ3v) is 2.75. The molecule has 0 radical (unpaired) electrons. The molecule has 5 heteroatoms. The molecule has 0 unspecified atom stereocenters. The van der Waals surface area contributed by atoms with Crippen molar-refractivity contribution in [3.05, 3.63) is 0 Å². The van der Waals surface area contributed by atoms with Gasteiger partial charge in [-0.15, -0.1) is 0 Å². The average molecular weight is 302 g/mol. The number of amides is 1. The maximum atomic E-state index is 11.5. The van der Waals surface area contributed by atoms with Gasteiger partial charge in [-0.05, 0) is 38.8 Å². The van der Waals surface area contributed by atoms with Crippen molar-refractivity contribution in [1.82, 2.24) is 10.2 Å². The van der Waals surface area contributed by atoms with E-state index in [0.717, 1.165) is 25.9 Å². The highest BCUT2D eigenvalue weighted by atomic mass is 16.4. The predicted molar refractivity (Wildman–Crippen MR) is 87.5 cm³/mol. The summed E-state index contributed by atoms with van der Waals surface area (Å²) < 4.78 is 0. The van der Waals surface area contributed by atoms with Crippen molar-refractivity contribution in [2.75, 3.05) is 26.2 Å². The molecule has 0 saturated carbocycles. The first-order valence-electron chi connectivity index (χ1n) is 8.23. The van der Waals surface area contributed by atoms with Crippen LogP contribution in [0.15, 0.2) is 0 Å². The third kappa shape index (κ3) is 16.8. The van der Waals surface area contributed by atoms with Gasteiger partial charge in [-0.25, -0.2) is 0 Å². The molecule has 0 aliphatic heterocycles. The summed E-state index contributed by atoms with van der Waals surface area (Å²) in [7, 11) is 0. The van der Waals surface area contributed by atoms with Gasteiger partial charge in [0.25, 0.3) is 0 Å². The first-order chi connectivity index (χ1) is 10.0. The minimum Gasteiger partial charge on any atom is -0.481 e. The van der Waals surface area contributed by atoms with Gasteiger partial charge in [0.2, 0.25) is 5.91 Å². The topological polar surface area (TPSA) is 69.6 Å². The fourth-order valence-corrected chi connectivity index (χ4v) is 1.75. The van der Waals surface area contributed by atoms with Crippen LogP contribution < -0.4 is 5.32 Å². The summed E-state index contributed by atoms with van der Waals surface area (Å²) in [6.45, 7) is 12.2. The molecule has 5 nitrogen and oxygen atoms in total. The highest BCUT2D eigenvalue weighted by Crippen LogP contribution is 2.01. The van der Waals surface area contributed by atoms with Crippen molar-refractivity contribution in [3.8, 4) is 0 Å². The Hall–Kier alpha value is -1.10. The van der Waals surface area contributed by atoms with Crippen molar-refractivity contribution in [2.24, 2.45) is 0 Å². The molecule has 0 spiro atoms. The van der Waals surface area contributed by atoms with E-state index in [9.17, 15) is 9.59 Å². The Morgan fingerprint density at radius 3 is 1.67 bits per heavy atom. The molecule has 2 N–H and O–H groups in total. The third-order valence-electron chi connectivity index (χ3n) is 2.75. The number of carboxylic acids is 1. The van der Waals surface area contributed by atoms with Crippen LogP contribution >= 0.6 is 0 Å². The van der Waals surface area contributed by atoms with Crippen LogP contribution in [0.25, 0.3) is 0 Å². The van der Waals surface area contributed by atoms with Gasteiger partial charge >= 0.3 is 5.97 Å². The van der Waals surface area contributed by atoms with E-state index >= 15 is 0 Å². The average Bonchev–Trinajstić information content (AvgIpc) is 2.46. The van der Waals surface area contributed by atoms with E-state index in [1.807, 2.05) is 13.8 Å². The monoisotopic (exact) mass is 302 g/mol. The molecule has 0 saturated heterocycles. The van der Waals surface area contributed by atoms with Crippen LogP contribution in [-0.4, -0.2) is 48.1 Å². The molecule has 0 aliphatic rings. The number of aliphatic carboxylic acids is 1. The minimum absolute atomic E-state index is 0.0453. The number of rotatable bonds is 11. The van der Waals surface area contributed by atoms with E-state index < -0.39 is 5.97 Å².